The standard InChI is InChI=1S/C18H16N4OS/c19-21-14(12-5-2-1-3-6-12)11-15-16-7-4-9-22(16)18-13(8-10-24-18)17(23)20-15/h1-10,15H,11,19H2,(H,20,23)/b21-14+. The van der Waals surface area contributed by atoms with E-state index in [0.29, 0.717) is 12.0 Å². The summed E-state index contributed by atoms with van der Waals surface area (Å²) >= 11 is 1.56. The van der Waals surface area contributed by atoms with Gasteiger partial charge in [-0.1, -0.05) is 30.3 Å². The Labute approximate surface area is 143 Å². The molecule has 3 N–H and O–H groups in total. The van der Waals surface area contributed by atoms with Crippen molar-refractivity contribution >= 4 is 23.0 Å². The molecule has 1 aliphatic rings. The van der Waals surface area contributed by atoms with Crippen LogP contribution in [-0.4, -0.2) is 16.2 Å². The molecule has 1 aromatic carbocycles. The topological polar surface area (TPSA) is 72.4 Å². The molecule has 5 nitrogen and oxygen atoms in total. The minimum Gasteiger partial charge on any atom is -0.343 e. The fraction of sp³-hybridized carbons (Fsp3) is 0.111. The van der Waals surface area contributed by atoms with Gasteiger partial charge in [0.05, 0.1) is 17.3 Å². The van der Waals surface area contributed by atoms with Crippen molar-refractivity contribution in [2.45, 2.75) is 12.5 Å². The molecule has 3 heterocycles. The van der Waals surface area contributed by atoms with Crippen LogP contribution < -0.4 is 11.2 Å². The first-order valence-electron chi connectivity index (χ1n) is 7.66. The van der Waals surface area contributed by atoms with Gasteiger partial charge in [0.25, 0.3) is 5.91 Å². The number of nitrogens with one attached hydrogen (secondary N) is 1. The van der Waals surface area contributed by atoms with Crippen molar-refractivity contribution in [1.29, 1.82) is 0 Å². The lowest BCUT2D eigenvalue weighted by molar-refractivity contribution is 0.0940. The van der Waals surface area contributed by atoms with Crippen molar-refractivity contribution < 1.29 is 4.79 Å². The van der Waals surface area contributed by atoms with Gasteiger partial charge in [0.15, 0.2) is 0 Å². The number of carbonyl (C=O) groups excluding carboxylic acids is 1. The molecule has 0 fully saturated rings. The molecular formula is C18H16N4OS. The van der Waals surface area contributed by atoms with Gasteiger partial charge in [0.1, 0.15) is 5.00 Å². The number of amides is 1. The summed E-state index contributed by atoms with van der Waals surface area (Å²) < 4.78 is 2.07. The smallest absolute Gasteiger partial charge is 0.254 e. The van der Waals surface area contributed by atoms with Crippen LogP contribution in [0.15, 0.2) is 65.2 Å². The number of rotatable bonds is 3. The molecular weight excluding hydrogens is 320 g/mol. The Hall–Kier alpha value is -2.86. The highest BCUT2D eigenvalue weighted by molar-refractivity contribution is 7.13. The Kier molecular flexibility index (Phi) is 3.66. The summed E-state index contributed by atoms with van der Waals surface area (Å²) in [7, 11) is 0. The fourth-order valence-electron chi connectivity index (χ4n) is 3.06. The molecule has 1 unspecified atom stereocenters. The van der Waals surface area contributed by atoms with Gasteiger partial charge in [0, 0.05) is 18.3 Å². The quantitative estimate of drug-likeness (QED) is 0.438. The van der Waals surface area contributed by atoms with Crippen molar-refractivity contribution in [2.24, 2.45) is 10.9 Å². The first kappa shape index (κ1) is 14.7. The Balaban J connectivity index is 1.72. The zero-order valence-corrected chi connectivity index (χ0v) is 13.7. The number of hydrazone groups is 1. The van der Waals surface area contributed by atoms with Crippen LogP contribution in [0.5, 0.6) is 0 Å². The van der Waals surface area contributed by atoms with E-state index in [9.17, 15) is 4.79 Å². The minimum absolute atomic E-state index is 0.0654. The van der Waals surface area contributed by atoms with Crippen LogP contribution in [0.3, 0.4) is 0 Å². The molecule has 0 radical (unpaired) electrons. The van der Waals surface area contributed by atoms with Crippen LogP contribution in [0.4, 0.5) is 0 Å². The molecule has 24 heavy (non-hydrogen) atoms. The second kappa shape index (κ2) is 5.98. The van der Waals surface area contributed by atoms with E-state index in [-0.39, 0.29) is 11.9 Å². The highest BCUT2D eigenvalue weighted by Crippen LogP contribution is 2.32. The summed E-state index contributed by atoms with van der Waals surface area (Å²) in [4.78, 5) is 12.6. The van der Waals surface area contributed by atoms with Gasteiger partial charge in [0.2, 0.25) is 0 Å². The first-order chi connectivity index (χ1) is 11.8. The van der Waals surface area contributed by atoms with E-state index >= 15 is 0 Å². The molecule has 3 aromatic rings. The number of fused-ring (bicyclic) bond motifs is 3. The van der Waals surface area contributed by atoms with Gasteiger partial charge in [-0.2, -0.15) is 5.10 Å². The molecule has 1 atom stereocenters. The molecule has 6 heteroatoms. The second-order valence-electron chi connectivity index (χ2n) is 5.61. The first-order valence-corrected chi connectivity index (χ1v) is 8.54. The van der Waals surface area contributed by atoms with Crippen molar-refractivity contribution in [3.63, 3.8) is 0 Å². The Bertz CT molecular complexity index is 910. The number of hydrogen-bond donors (Lipinski definition) is 2. The normalized spacial score (nSPS) is 16.9. The van der Waals surface area contributed by atoms with Crippen molar-refractivity contribution in [3.05, 3.63) is 76.9 Å². The van der Waals surface area contributed by atoms with Crippen LogP contribution in [0, 0.1) is 0 Å². The Morgan fingerprint density at radius 2 is 2.04 bits per heavy atom. The van der Waals surface area contributed by atoms with Crippen LogP contribution in [0.1, 0.15) is 34.1 Å². The molecule has 4 rings (SSSR count). The summed E-state index contributed by atoms with van der Waals surface area (Å²) in [5.74, 6) is 5.56. The van der Waals surface area contributed by atoms with Gasteiger partial charge in [-0.3, -0.25) is 4.79 Å². The molecule has 0 saturated heterocycles. The average Bonchev–Trinajstić information content (AvgIpc) is 3.26. The zero-order valence-electron chi connectivity index (χ0n) is 12.8. The number of aromatic nitrogens is 1. The number of thiophene rings is 1. The van der Waals surface area contributed by atoms with E-state index in [2.05, 4.69) is 15.0 Å². The third kappa shape index (κ3) is 2.41. The molecule has 1 amide bonds. The number of nitrogens with two attached hydrogens (primary N) is 1. The minimum atomic E-state index is -0.186. The van der Waals surface area contributed by atoms with Crippen LogP contribution in [-0.2, 0) is 0 Å². The fourth-order valence-corrected chi connectivity index (χ4v) is 3.96. The molecule has 120 valence electrons. The highest BCUT2D eigenvalue weighted by atomic mass is 32.1. The predicted molar refractivity (Wildman–Crippen MR) is 95.6 cm³/mol. The van der Waals surface area contributed by atoms with Gasteiger partial charge in [-0.25, -0.2) is 0 Å². The third-order valence-corrected chi connectivity index (χ3v) is 5.12. The van der Waals surface area contributed by atoms with E-state index in [1.54, 1.807) is 11.3 Å². The van der Waals surface area contributed by atoms with Gasteiger partial charge in [-0.05, 0) is 29.1 Å². The molecule has 0 aliphatic carbocycles. The molecule has 1 aliphatic heterocycles. The SMILES string of the molecule is N/N=C(\CC1NC(=O)c2ccsc2-n2cccc21)c1ccccc1. The van der Waals surface area contributed by atoms with Crippen molar-refractivity contribution in [2.75, 3.05) is 0 Å². The lowest BCUT2D eigenvalue weighted by Gasteiger charge is -2.18. The van der Waals surface area contributed by atoms with E-state index in [4.69, 9.17) is 5.84 Å². The Morgan fingerprint density at radius 1 is 1.21 bits per heavy atom. The number of benzene rings is 1. The lowest BCUT2D eigenvalue weighted by Crippen LogP contribution is -2.29. The molecule has 0 saturated carbocycles. The highest BCUT2D eigenvalue weighted by Gasteiger charge is 2.28. The monoisotopic (exact) mass is 336 g/mol. The van der Waals surface area contributed by atoms with Crippen LogP contribution in [0.2, 0.25) is 0 Å². The summed E-state index contributed by atoms with van der Waals surface area (Å²) in [5, 5.41) is 9.95. The van der Waals surface area contributed by atoms with E-state index < -0.39 is 0 Å². The Morgan fingerprint density at radius 3 is 2.83 bits per heavy atom. The number of nitrogens with zero attached hydrogens (tertiary/aromatic N) is 2. The van der Waals surface area contributed by atoms with E-state index in [1.165, 1.54) is 0 Å². The number of carbonyl (C=O) groups is 1. The summed E-state index contributed by atoms with van der Waals surface area (Å²) in [5.41, 5.74) is 3.46. The molecule has 0 bridgehead atoms. The van der Waals surface area contributed by atoms with E-state index in [0.717, 1.165) is 22.0 Å². The summed E-state index contributed by atoms with van der Waals surface area (Å²) in [6, 6.07) is 15.5. The maximum absolute atomic E-state index is 12.6. The predicted octanol–water partition coefficient (Wildman–Crippen LogP) is 3.08. The average molecular weight is 336 g/mol. The van der Waals surface area contributed by atoms with Gasteiger partial charge in [-0.15, -0.1) is 11.3 Å². The van der Waals surface area contributed by atoms with Gasteiger partial charge < -0.3 is 15.7 Å². The summed E-state index contributed by atoms with van der Waals surface area (Å²) in [6.07, 6.45) is 2.52. The third-order valence-electron chi connectivity index (χ3n) is 4.21. The zero-order chi connectivity index (χ0) is 16.5. The molecule has 2 aromatic heterocycles. The van der Waals surface area contributed by atoms with Crippen molar-refractivity contribution in [3.8, 4) is 5.00 Å². The van der Waals surface area contributed by atoms with Gasteiger partial charge >= 0.3 is 0 Å². The molecule has 0 spiro atoms. The second-order valence-corrected chi connectivity index (χ2v) is 6.51. The number of hydrogen-bond acceptors (Lipinski definition) is 4. The maximum Gasteiger partial charge on any atom is 0.254 e. The van der Waals surface area contributed by atoms with E-state index in [1.807, 2.05) is 60.1 Å². The van der Waals surface area contributed by atoms with Crippen molar-refractivity contribution in [1.82, 2.24) is 9.88 Å². The summed E-state index contributed by atoms with van der Waals surface area (Å²) in [6.45, 7) is 0. The van der Waals surface area contributed by atoms with Crippen LogP contribution in [0.25, 0.3) is 5.00 Å². The maximum atomic E-state index is 12.6. The largest absolute Gasteiger partial charge is 0.343 e. The lowest BCUT2D eigenvalue weighted by atomic mass is 10.0. The van der Waals surface area contributed by atoms with Crippen LogP contribution >= 0.6 is 11.3 Å².